The third kappa shape index (κ3) is 3.04. The third-order valence-electron chi connectivity index (χ3n) is 2.42. The molecule has 2 nitrogen and oxygen atoms in total. The van der Waals surface area contributed by atoms with E-state index in [4.69, 9.17) is 10.5 Å². The van der Waals surface area contributed by atoms with Crippen molar-refractivity contribution < 1.29 is 4.74 Å². The third-order valence-corrected chi connectivity index (χ3v) is 2.42. The van der Waals surface area contributed by atoms with Crippen molar-refractivity contribution in [3.05, 3.63) is 29.8 Å². The average Bonchev–Trinajstić information content (AvgIpc) is 2.18. The highest BCUT2D eigenvalue weighted by molar-refractivity contribution is 5.39. The number of hydrogen-bond acceptors (Lipinski definition) is 2. The van der Waals surface area contributed by atoms with Crippen LogP contribution in [-0.4, -0.2) is 6.10 Å². The minimum Gasteiger partial charge on any atom is -0.399 e. The van der Waals surface area contributed by atoms with E-state index in [1.807, 2.05) is 24.3 Å². The van der Waals surface area contributed by atoms with E-state index >= 15 is 0 Å². The van der Waals surface area contributed by atoms with E-state index in [1.165, 1.54) is 5.56 Å². The molecule has 0 spiro atoms. The molecular formula is C12H19NO. The van der Waals surface area contributed by atoms with Crippen LogP contribution in [-0.2, 0) is 4.74 Å². The molecule has 0 radical (unpaired) electrons. The van der Waals surface area contributed by atoms with Crippen LogP contribution in [0.25, 0.3) is 0 Å². The molecule has 0 bridgehead atoms. The molecule has 14 heavy (non-hydrogen) atoms. The fraction of sp³-hybridized carbons (Fsp3) is 0.500. The number of ether oxygens (including phenoxy) is 1. The monoisotopic (exact) mass is 193 g/mol. The molecule has 78 valence electrons. The van der Waals surface area contributed by atoms with Crippen LogP contribution >= 0.6 is 0 Å². The van der Waals surface area contributed by atoms with Gasteiger partial charge in [0.15, 0.2) is 0 Å². The second-order valence-corrected chi connectivity index (χ2v) is 3.66. The van der Waals surface area contributed by atoms with Gasteiger partial charge in [0.05, 0.1) is 12.2 Å². The molecule has 0 saturated carbocycles. The van der Waals surface area contributed by atoms with E-state index in [9.17, 15) is 0 Å². The predicted octanol–water partition coefficient (Wildman–Crippen LogP) is 3.14. The molecule has 0 aromatic heterocycles. The second kappa shape index (κ2) is 5.01. The normalized spacial score (nSPS) is 15.1. The Labute approximate surface area is 86.1 Å². The number of rotatable bonds is 4. The minimum absolute atomic E-state index is 0.144. The maximum absolute atomic E-state index is 5.78. The van der Waals surface area contributed by atoms with Crippen LogP contribution in [0.4, 0.5) is 5.69 Å². The summed E-state index contributed by atoms with van der Waals surface area (Å²) in [7, 11) is 0. The van der Waals surface area contributed by atoms with Gasteiger partial charge in [-0.2, -0.15) is 0 Å². The largest absolute Gasteiger partial charge is 0.399 e. The lowest BCUT2D eigenvalue weighted by Gasteiger charge is -2.18. The van der Waals surface area contributed by atoms with E-state index in [0.717, 1.165) is 12.1 Å². The Morgan fingerprint density at radius 1 is 1.21 bits per heavy atom. The van der Waals surface area contributed by atoms with Crippen LogP contribution in [0, 0.1) is 0 Å². The molecule has 0 fully saturated rings. The number of anilines is 1. The summed E-state index contributed by atoms with van der Waals surface area (Å²) in [6, 6.07) is 7.85. The highest BCUT2D eigenvalue weighted by Gasteiger charge is 2.08. The molecule has 1 aromatic rings. The Morgan fingerprint density at radius 3 is 2.29 bits per heavy atom. The first-order valence-electron chi connectivity index (χ1n) is 5.14. The van der Waals surface area contributed by atoms with Crippen molar-refractivity contribution in [1.29, 1.82) is 0 Å². The standard InChI is InChI=1S/C12H19NO/c1-4-9(2)14-10(3)11-5-7-12(13)8-6-11/h5-10H,4,13H2,1-3H3. The van der Waals surface area contributed by atoms with Gasteiger partial charge in [0.1, 0.15) is 0 Å². The molecule has 0 amide bonds. The van der Waals surface area contributed by atoms with Crippen molar-refractivity contribution in [2.75, 3.05) is 5.73 Å². The quantitative estimate of drug-likeness (QED) is 0.745. The Hall–Kier alpha value is -1.02. The summed E-state index contributed by atoms with van der Waals surface area (Å²) in [6.07, 6.45) is 1.49. The molecule has 0 aliphatic carbocycles. The van der Waals surface area contributed by atoms with Gasteiger partial charge in [-0.25, -0.2) is 0 Å². The maximum atomic E-state index is 5.78. The SMILES string of the molecule is CCC(C)OC(C)c1ccc(N)cc1. The molecule has 2 N–H and O–H groups in total. The lowest BCUT2D eigenvalue weighted by Crippen LogP contribution is -2.10. The van der Waals surface area contributed by atoms with Crippen molar-refractivity contribution in [2.45, 2.75) is 39.4 Å². The Balaban J connectivity index is 2.60. The molecule has 1 aromatic carbocycles. The summed E-state index contributed by atoms with van der Waals surface area (Å²) < 4.78 is 5.78. The molecule has 1 rings (SSSR count). The maximum Gasteiger partial charge on any atom is 0.0800 e. The molecule has 0 heterocycles. The van der Waals surface area contributed by atoms with Crippen LogP contribution in [0.5, 0.6) is 0 Å². The van der Waals surface area contributed by atoms with Crippen molar-refractivity contribution in [3.8, 4) is 0 Å². The predicted molar refractivity (Wildman–Crippen MR) is 60.1 cm³/mol. The summed E-state index contributed by atoms with van der Waals surface area (Å²) in [6.45, 7) is 6.28. The molecule has 2 heteroatoms. The number of nitrogen functional groups attached to an aromatic ring is 1. The highest BCUT2D eigenvalue weighted by Crippen LogP contribution is 2.20. The van der Waals surface area contributed by atoms with Gasteiger partial charge in [0, 0.05) is 5.69 Å². The van der Waals surface area contributed by atoms with E-state index < -0.39 is 0 Å². The van der Waals surface area contributed by atoms with Crippen molar-refractivity contribution in [1.82, 2.24) is 0 Å². The lowest BCUT2D eigenvalue weighted by atomic mass is 10.1. The van der Waals surface area contributed by atoms with Crippen molar-refractivity contribution in [2.24, 2.45) is 0 Å². The van der Waals surface area contributed by atoms with Crippen LogP contribution in [0.15, 0.2) is 24.3 Å². The first-order chi connectivity index (χ1) is 6.63. The molecule has 0 aliphatic rings. The zero-order valence-corrected chi connectivity index (χ0v) is 9.16. The summed E-state index contributed by atoms with van der Waals surface area (Å²) >= 11 is 0. The summed E-state index contributed by atoms with van der Waals surface area (Å²) in [4.78, 5) is 0. The Kier molecular flexibility index (Phi) is 3.96. The molecule has 0 aliphatic heterocycles. The fourth-order valence-corrected chi connectivity index (χ4v) is 1.29. The van der Waals surface area contributed by atoms with E-state index in [2.05, 4.69) is 20.8 Å². The van der Waals surface area contributed by atoms with Crippen molar-refractivity contribution >= 4 is 5.69 Å². The lowest BCUT2D eigenvalue weighted by molar-refractivity contribution is 0.00549. The fourth-order valence-electron chi connectivity index (χ4n) is 1.29. The van der Waals surface area contributed by atoms with Crippen LogP contribution < -0.4 is 5.73 Å². The van der Waals surface area contributed by atoms with Crippen LogP contribution in [0.1, 0.15) is 38.9 Å². The Bertz CT molecular complexity index is 268. The zero-order chi connectivity index (χ0) is 10.6. The number of nitrogens with two attached hydrogens (primary N) is 1. The first-order valence-corrected chi connectivity index (χ1v) is 5.14. The average molecular weight is 193 g/mol. The summed E-state index contributed by atoms with van der Waals surface area (Å²) in [5, 5.41) is 0. The van der Waals surface area contributed by atoms with E-state index in [0.29, 0.717) is 6.10 Å². The Morgan fingerprint density at radius 2 is 1.79 bits per heavy atom. The summed E-state index contributed by atoms with van der Waals surface area (Å²) in [5.41, 5.74) is 7.59. The van der Waals surface area contributed by atoms with Crippen LogP contribution in [0.3, 0.4) is 0 Å². The molecular weight excluding hydrogens is 174 g/mol. The topological polar surface area (TPSA) is 35.2 Å². The molecule has 0 saturated heterocycles. The number of benzene rings is 1. The van der Waals surface area contributed by atoms with Gasteiger partial charge >= 0.3 is 0 Å². The van der Waals surface area contributed by atoms with Gasteiger partial charge in [-0.3, -0.25) is 0 Å². The zero-order valence-electron chi connectivity index (χ0n) is 9.16. The smallest absolute Gasteiger partial charge is 0.0800 e. The van der Waals surface area contributed by atoms with Gasteiger partial charge in [-0.1, -0.05) is 19.1 Å². The first kappa shape index (κ1) is 11.1. The second-order valence-electron chi connectivity index (χ2n) is 3.66. The van der Waals surface area contributed by atoms with Gasteiger partial charge in [-0.15, -0.1) is 0 Å². The van der Waals surface area contributed by atoms with Gasteiger partial charge in [0.2, 0.25) is 0 Å². The molecule has 2 atom stereocenters. The minimum atomic E-state index is 0.144. The van der Waals surface area contributed by atoms with E-state index in [1.54, 1.807) is 0 Å². The van der Waals surface area contributed by atoms with Gasteiger partial charge in [0.25, 0.3) is 0 Å². The van der Waals surface area contributed by atoms with Crippen molar-refractivity contribution in [3.63, 3.8) is 0 Å². The van der Waals surface area contributed by atoms with Gasteiger partial charge in [-0.05, 0) is 38.0 Å². The highest BCUT2D eigenvalue weighted by atomic mass is 16.5. The van der Waals surface area contributed by atoms with Crippen LogP contribution in [0.2, 0.25) is 0 Å². The number of hydrogen-bond donors (Lipinski definition) is 1. The molecule has 2 unspecified atom stereocenters. The van der Waals surface area contributed by atoms with E-state index in [-0.39, 0.29) is 6.10 Å². The van der Waals surface area contributed by atoms with Gasteiger partial charge < -0.3 is 10.5 Å². The summed E-state index contributed by atoms with van der Waals surface area (Å²) in [5.74, 6) is 0.